The Morgan fingerprint density at radius 3 is 2.55 bits per heavy atom. The number of imidazole rings is 2. The van der Waals surface area contributed by atoms with E-state index >= 15 is 0 Å². The fraction of sp³-hybridized carbons (Fsp3) is 0.200. The molecule has 31 heavy (non-hydrogen) atoms. The number of aromatic nitrogens is 4. The van der Waals surface area contributed by atoms with Gasteiger partial charge in [-0.2, -0.15) is 13.2 Å². The predicted molar refractivity (Wildman–Crippen MR) is 105 cm³/mol. The van der Waals surface area contributed by atoms with E-state index in [1.54, 1.807) is 33.7 Å². The van der Waals surface area contributed by atoms with Crippen molar-refractivity contribution in [2.45, 2.75) is 30.4 Å². The van der Waals surface area contributed by atoms with E-state index in [0.717, 1.165) is 12.1 Å². The van der Waals surface area contributed by atoms with Crippen LogP contribution in [0.5, 0.6) is 0 Å². The third-order valence-corrected chi connectivity index (χ3v) is 6.32. The Bertz CT molecular complexity index is 1370. The first kappa shape index (κ1) is 21.0. The largest absolute Gasteiger partial charge is 0.501 e. The minimum atomic E-state index is -5.47. The summed E-state index contributed by atoms with van der Waals surface area (Å²) >= 11 is 0. The SMILES string of the molecule is CCn1c(Cn2ccnc2-c2cccc(F)c2)nc2cc(S(=O)(=O)C(F)(F)F)ccc21. The Kier molecular flexibility index (Phi) is 5.08. The highest BCUT2D eigenvalue weighted by Gasteiger charge is 2.47. The van der Waals surface area contributed by atoms with Gasteiger partial charge in [0.25, 0.3) is 9.84 Å². The van der Waals surface area contributed by atoms with Crippen LogP contribution >= 0.6 is 0 Å². The summed E-state index contributed by atoms with van der Waals surface area (Å²) in [5.74, 6) is 0.579. The van der Waals surface area contributed by atoms with E-state index in [9.17, 15) is 26.0 Å². The molecule has 0 radical (unpaired) electrons. The minimum Gasteiger partial charge on any atom is -0.327 e. The number of fused-ring (bicyclic) bond motifs is 1. The van der Waals surface area contributed by atoms with Crippen molar-refractivity contribution >= 4 is 20.9 Å². The molecule has 0 aliphatic rings. The van der Waals surface area contributed by atoms with E-state index in [4.69, 9.17) is 0 Å². The number of benzene rings is 2. The first-order chi connectivity index (χ1) is 14.6. The highest BCUT2D eigenvalue weighted by molar-refractivity contribution is 7.92. The molecule has 0 aliphatic carbocycles. The predicted octanol–water partition coefficient (Wildman–Crippen LogP) is 4.40. The molecule has 2 heterocycles. The first-order valence-electron chi connectivity index (χ1n) is 9.19. The lowest BCUT2D eigenvalue weighted by Crippen LogP contribution is -2.23. The second-order valence-electron chi connectivity index (χ2n) is 6.76. The van der Waals surface area contributed by atoms with Gasteiger partial charge in [-0.25, -0.2) is 22.8 Å². The number of aryl methyl sites for hydroxylation is 1. The van der Waals surface area contributed by atoms with E-state index in [1.807, 2.05) is 6.92 Å². The molecule has 4 rings (SSSR count). The summed E-state index contributed by atoms with van der Waals surface area (Å²) in [4.78, 5) is 7.78. The number of alkyl halides is 3. The van der Waals surface area contributed by atoms with Crippen molar-refractivity contribution < 1.29 is 26.0 Å². The van der Waals surface area contributed by atoms with Crippen LogP contribution in [0, 0.1) is 5.82 Å². The van der Waals surface area contributed by atoms with Gasteiger partial charge in [-0.3, -0.25) is 0 Å². The van der Waals surface area contributed by atoms with Crippen molar-refractivity contribution in [3.8, 4) is 11.4 Å². The molecular formula is C20H16F4N4O2S. The van der Waals surface area contributed by atoms with Gasteiger partial charge in [0.2, 0.25) is 0 Å². The summed E-state index contributed by atoms with van der Waals surface area (Å²) in [5.41, 5.74) is -4.20. The molecule has 2 aromatic carbocycles. The first-order valence-corrected chi connectivity index (χ1v) is 10.7. The molecule has 0 fully saturated rings. The molecule has 2 aromatic heterocycles. The summed E-state index contributed by atoms with van der Waals surface area (Å²) < 4.78 is 79.3. The number of nitrogens with zero attached hydrogens (tertiary/aromatic N) is 4. The zero-order valence-electron chi connectivity index (χ0n) is 16.1. The van der Waals surface area contributed by atoms with Gasteiger partial charge < -0.3 is 9.13 Å². The molecule has 0 spiro atoms. The van der Waals surface area contributed by atoms with E-state index in [2.05, 4.69) is 9.97 Å². The fourth-order valence-corrected chi connectivity index (χ4v) is 4.19. The molecule has 0 saturated heterocycles. The van der Waals surface area contributed by atoms with Crippen LogP contribution in [0.4, 0.5) is 17.6 Å². The molecule has 162 valence electrons. The lowest BCUT2D eigenvalue weighted by atomic mass is 10.2. The van der Waals surface area contributed by atoms with Crippen molar-refractivity contribution in [1.29, 1.82) is 0 Å². The van der Waals surface area contributed by atoms with Gasteiger partial charge >= 0.3 is 5.51 Å². The number of sulfone groups is 1. The molecule has 0 atom stereocenters. The van der Waals surface area contributed by atoms with E-state index in [0.29, 0.717) is 29.3 Å². The highest BCUT2D eigenvalue weighted by atomic mass is 32.2. The molecule has 6 nitrogen and oxygen atoms in total. The van der Waals surface area contributed by atoms with Crippen LogP contribution in [-0.4, -0.2) is 33.0 Å². The van der Waals surface area contributed by atoms with Gasteiger partial charge in [0.1, 0.15) is 17.5 Å². The van der Waals surface area contributed by atoms with Crippen molar-refractivity contribution in [3.63, 3.8) is 0 Å². The van der Waals surface area contributed by atoms with Crippen LogP contribution in [0.25, 0.3) is 22.4 Å². The lowest BCUT2D eigenvalue weighted by Gasteiger charge is -2.10. The molecule has 0 saturated carbocycles. The summed E-state index contributed by atoms with van der Waals surface area (Å²) in [6.07, 6.45) is 3.23. The monoisotopic (exact) mass is 452 g/mol. The van der Waals surface area contributed by atoms with Gasteiger partial charge in [0, 0.05) is 24.5 Å². The smallest absolute Gasteiger partial charge is 0.327 e. The standard InChI is InChI=1S/C20H16F4N4O2S/c1-2-28-17-7-6-15(31(29,30)20(22,23)24)11-16(17)26-18(28)12-27-9-8-25-19(27)13-4-3-5-14(21)10-13/h3-11H,2,12H2,1H3. The van der Waals surface area contributed by atoms with Gasteiger partial charge in [0.05, 0.1) is 22.5 Å². The molecular weight excluding hydrogens is 436 g/mol. The maximum Gasteiger partial charge on any atom is 0.501 e. The molecule has 0 unspecified atom stereocenters. The minimum absolute atomic E-state index is 0.134. The average Bonchev–Trinajstić information content (AvgIpc) is 3.30. The molecule has 0 amide bonds. The van der Waals surface area contributed by atoms with Crippen LogP contribution in [0.3, 0.4) is 0 Å². The van der Waals surface area contributed by atoms with Crippen LogP contribution in [0.15, 0.2) is 59.8 Å². The van der Waals surface area contributed by atoms with Crippen molar-refractivity contribution in [2.75, 3.05) is 0 Å². The Morgan fingerprint density at radius 1 is 1.10 bits per heavy atom. The van der Waals surface area contributed by atoms with Gasteiger partial charge in [-0.15, -0.1) is 0 Å². The fourth-order valence-electron chi connectivity index (χ4n) is 3.41. The van der Waals surface area contributed by atoms with Crippen molar-refractivity contribution in [3.05, 3.63) is 66.5 Å². The molecule has 0 N–H and O–H groups in total. The van der Waals surface area contributed by atoms with Gasteiger partial charge in [-0.1, -0.05) is 12.1 Å². The summed E-state index contributed by atoms with van der Waals surface area (Å²) in [6.45, 7) is 2.50. The number of rotatable bonds is 5. The zero-order valence-corrected chi connectivity index (χ0v) is 17.0. The zero-order chi connectivity index (χ0) is 22.4. The Morgan fingerprint density at radius 2 is 1.87 bits per heavy atom. The number of hydrogen-bond acceptors (Lipinski definition) is 4. The third-order valence-electron chi connectivity index (χ3n) is 4.84. The topological polar surface area (TPSA) is 69.8 Å². The second-order valence-corrected chi connectivity index (χ2v) is 8.70. The Labute approximate surface area is 174 Å². The third kappa shape index (κ3) is 3.69. The van der Waals surface area contributed by atoms with Gasteiger partial charge in [-0.05, 0) is 37.3 Å². The Balaban J connectivity index is 1.77. The van der Waals surface area contributed by atoms with Crippen LogP contribution in [-0.2, 0) is 22.9 Å². The highest BCUT2D eigenvalue weighted by Crippen LogP contribution is 2.32. The number of hydrogen-bond donors (Lipinski definition) is 0. The molecule has 0 aliphatic heterocycles. The maximum atomic E-state index is 13.6. The van der Waals surface area contributed by atoms with Crippen LogP contribution in [0.1, 0.15) is 12.7 Å². The van der Waals surface area contributed by atoms with Crippen LogP contribution in [0.2, 0.25) is 0 Å². The summed E-state index contributed by atoms with van der Waals surface area (Å²) in [6, 6.07) is 9.10. The Hall–Kier alpha value is -3.21. The quantitative estimate of drug-likeness (QED) is 0.421. The second kappa shape index (κ2) is 7.49. The molecule has 11 heteroatoms. The van der Waals surface area contributed by atoms with Crippen LogP contribution < -0.4 is 0 Å². The number of halogens is 4. The summed E-state index contributed by atoms with van der Waals surface area (Å²) in [5, 5.41) is 0. The van der Waals surface area contributed by atoms with Gasteiger partial charge in [0.15, 0.2) is 0 Å². The van der Waals surface area contributed by atoms with Crippen molar-refractivity contribution in [1.82, 2.24) is 19.1 Å². The van der Waals surface area contributed by atoms with E-state index in [-0.39, 0.29) is 12.1 Å². The van der Waals surface area contributed by atoms with E-state index < -0.39 is 26.1 Å². The summed E-state index contributed by atoms with van der Waals surface area (Å²) in [7, 11) is -5.47. The molecule has 0 bridgehead atoms. The average molecular weight is 452 g/mol. The normalized spacial score (nSPS) is 12.5. The van der Waals surface area contributed by atoms with E-state index in [1.165, 1.54) is 18.2 Å². The molecule has 4 aromatic rings. The van der Waals surface area contributed by atoms with Crippen molar-refractivity contribution in [2.24, 2.45) is 0 Å². The maximum absolute atomic E-state index is 13.6. The lowest BCUT2D eigenvalue weighted by molar-refractivity contribution is -0.0435.